The van der Waals surface area contributed by atoms with E-state index in [1.54, 1.807) is 22.7 Å². The third kappa shape index (κ3) is 5.85. The van der Waals surface area contributed by atoms with Crippen molar-refractivity contribution in [3.63, 3.8) is 0 Å². The summed E-state index contributed by atoms with van der Waals surface area (Å²) in [5.41, 5.74) is 0. The molecule has 0 aromatic heterocycles. The zero-order chi connectivity index (χ0) is 22.4. The van der Waals surface area contributed by atoms with E-state index in [1.165, 1.54) is 30.7 Å². The van der Waals surface area contributed by atoms with E-state index in [0.717, 1.165) is 4.90 Å². The molecule has 31 heavy (non-hydrogen) atoms. The van der Waals surface area contributed by atoms with E-state index in [0.29, 0.717) is 41.8 Å². The summed E-state index contributed by atoms with van der Waals surface area (Å²) in [6.07, 6.45) is 0.399. The van der Waals surface area contributed by atoms with Gasteiger partial charge < -0.3 is 14.4 Å². The fourth-order valence-corrected chi connectivity index (χ4v) is 5.65. The van der Waals surface area contributed by atoms with Gasteiger partial charge in [-0.15, -0.1) is 11.8 Å². The zero-order valence-electron chi connectivity index (χ0n) is 17.4. The van der Waals surface area contributed by atoms with Gasteiger partial charge in [0, 0.05) is 54.3 Å². The van der Waals surface area contributed by atoms with Gasteiger partial charge in [-0.05, 0) is 36.4 Å². The Hall–Kier alpha value is -1.94. The highest BCUT2D eigenvalue weighted by Crippen LogP contribution is 2.31. The summed E-state index contributed by atoms with van der Waals surface area (Å²) in [5.74, 6) is 1.51. The van der Waals surface area contributed by atoms with Crippen LogP contribution in [0.2, 0.25) is 5.02 Å². The molecule has 2 aromatic rings. The molecule has 0 aliphatic carbocycles. The van der Waals surface area contributed by atoms with Crippen LogP contribution >= 0.6 is 23.4 Å². The van der Waals surface area contributed by atoms with E-state index < -0.39 is 10.0 Å². The lowest BCUT2D eigenvalue weighted by molar-refractivity contribution is -0.131. The number of rotatable bonds is 8. The first-order chi connectivity index (χ1) is 14.8. The second-order valence-electron chi connectivity index (χ2n) is 6.85. The van der Waals surface area contributed by atoms with Gasteiger partial charge in [-0.3, -0.25) is 4.79 Å². The van der Waals surface area contributed by atoms with Gasteiger partial charge in [0.05, 0.1) is 19.1 Å². The fourth-order valence-electron chi connectivity index (χ4n) is 3.25. The summed E-state index contributed by atoms with van der Waals surface area (Å²) in [4.78, 5) is 15.4. The Bertz CT molecular complexity index is 1010. The lowest BCUT2D eigenvalue weighted by Crippen LogP contribution is -2.50. The number of halogens is 1. The molecule has 168 valence electrons. The molecule has 10 heteroatoms. The van der Waals surface area contributed by atoms with Crippen LogP contribution in [0.25, 0.3) is 0 Å². The molecule has 0 radical (unpaired) electrons. The number of benzene rings is 2. The molecule has 0 spiro atoms. The Morgan fingerprint density at radius 3 is 2.26 bits per heavy atom. The average molecular weight is 485 g/mol. The van der Waals surface area contributed by atoms with Gasteiger partial charge in [0.25, 0.3) is 0 Å². The van der Waals surface area contributed by atoms with Gasteiger partial charge >= 0.3 is 0 Å². The van der Waals surface area contributed by atoms with E-state index in [1.807, 2.05) is 24.3 Å². The van der Waals surface area contributed by atoms with Gasteiger partial charge in [0.2, 0.25) is 15.9 Å². The number of ether oxygens (including phenoxy) is 2. The number of methoxy groups -OCH3 is 2. The first kappa shape index (κ1) is 23.7. The molecule has 1 heterocycles. The van der Waals surface area contributed by atoms with Crippen molar-refractivity contribution in [3.05, 3.63) is 47.5 Å². The standard InChI is InChI=1S/C21H25ClN2O5S2/c1-28-19-8-7-18(15-20(19)29-2)31(26,27)24-12-10-23(11-13-24)21(25)9-14-30-17-5-3-16(22)4-6-17/h3-8,15H,9-14H2,1-2H3. The molecule has 2 aromatic carbocycles. The number of sulfonamides is 1. The second-order valence-corrected chi connectivity index (χ2v) is 10.4. The summed E-state index contributed by atoms with van der Waals surface area (Å²) >= 11 is 7.48. The van der Waals surface area contributed by atoms with Crippen LogP contribution in [0, 0.1) is 0 Å². The number of hydrogen-bond acceptors (Lipinski definition) is 6. The van der Waals surface area contributed by atoms with Crippen LogP contribution in [0.1, 0.15) is 6.42 Å². The molecule has 1 aliphatic rings. The Morgan fingerprint density at radius 1 is 1.00 bits per heavy atom. The molecule has 0 unspecified atom stereocenters. The van der Waals surface area contributed by atoms with Crippen LogP contribution in [-0.4, -0.2) is 69.7 Å². The number of piperazine rings is 1. The maximum atomic E-state index is 13.0. The topological polar surface area (TPSA) is 76.2 Å². The average Bonchev–Trinajstić information content (AvgIpc) is 2.79. The van der Waals surface area contributed by atoms with Gasteiger partial charge in [-0.25, -0.2) is 8.42 Å². The van der Waals surface area contributed by atoms with Gasteiger partial charge in [-0.2, -0.15) is 4.31 Å². The molecule has 0 N–H and O–H groups in total. The van der Waals surface area contributed by atoms with Crippen molar-refractivity contribution in [1.29, 1.82) is 0 Å². The van der Waals surface area contributed by atoms with Crippen LogP contribution in [0.3, 0.4) is 0 Å². The van der Waals surface area contributed by atoms with Gasteiger partial charge in [0.1, 0.15) is 0 Å². The molecule has 1 fully saturated rings. The van der Waals surface area contributed by atoms with E-state index in [-0.39, 0.29) is 23.9 Å². The zero-order valence-corrected chi connectivity index (χ0v) is 19.8. The van der Waals surface area contributed by atoms with E-state index in [9.17, 15) is 13.2 Å². The largest absolute Gasteiger partial charge is 0.493 e. The van der Waals surface area contributed by atoms with Crippen LogP contribution < -0.4 is 9.47 Å². The number of carbonyl (C=O) groups is 1. The Labute approximate surface area is 192 Å². The molecule has 1 aliphatic heterocycles. The Balaban J connectivity index is 1.53. The minimum Gasteiger partial charge on any atom is -0.493 e. The molecule has 0 atom stereocenters. The van der Waals surface area contributed by atoms with Gasteiger partial charge in [-0.1, -0.05) is 11.6 Å². The van der Waals surface area contributed by atoms with E-state index in [2.05, 4.69) is 0 Å². The van der Waals surface area contributed by atoms with Crippen molar-refractivity contribution in [1.82, 2.24) is 9.21 Å². The predicted molar refractivity (Wildman–Crippen MR) is 122 cm³/mol. The highest BCUT2D eigenvalue weighted by atomic mass is 35.5. The summed E-state index contributed by atoms with van der Waals surface area (Å²) in [5, 5.41) is 0.682. The normalized spacial score (nSPS) is 15.0. The molecule has 3 rings (SSSR count). The van der Waals surface area contributed by atoms with Crippen LogP contribution in [0.15, 0.2) is 52.3 Å². The summed E-state index contributed by atoms with van der Waals surface area (Å²) in [6, 6.07) is 12.0. The SMILES string of the molecule is COc1ccc(S(=O)(=O)N2CCN(C(=O)CCSc3ccc(Cl)cc3)CC2)cc1OC. The Kier molecular flexibility index (Phi) is 8.10. The van der Waals surface area contributed by atoms with Crippen molar-refractivity contribution in [2.24, 2.45) is 0 Å². The van der Waals surface area contributed by atoms with Crippen LogP contribution in [0.5, 0.6) is 11.5 Å². The predicted octanol–water partition coefficient (Wildman–Crippen LogP) is 3.37. The summed E-state index contributed by atoms with van der Waals surface area (Å²) in [6.45, 7) is 1.26. The summed E-state index contributed by atoms with van der Waals surface area (Å²) in [7, 11) is -0.722. The number of amides is 1. The minimum absolute atomic E-state index is 0.0321. The Morgan fingerprint density at radius 2 is 1.65 bits per heavy atom. The third-order valence-electron chi connectivity index (χ3n) is 4.98. The molecular formula is C21H25ClN2O5S2. The number of hydrogen-bond donors (Lipinski definition) is 0. The first-order valence-corrected chi connectivity index (χ1v) is 12.5. The molecule has 0 saturated carbocycles. The second kappa shape index (κ2) is 10.6. The maximum Gasteiger partial charge on any atom is 0.243 e. The smallest absolute Gasteiger partial charge is 0.243 e. The first-order valence-electron chi connectivity index (χ1n) is 9.73. The number of thioether (sulfide) groups is 1. The highest BCUT2D eigenvalue weighted by molar-refractivity contribution is 7.99. The highest BCUT2D eigenvalue weighted by Gasteiger charge is 2.30. The number of nitrogens with zero attached hydrogens (tertiary/aromatic N) is 2. The molecule has 7 nitrogen and oxygen atoms in total. The maximum absolute atomic E-state index is 13.0. The minimum atomic E-state index is -3.68. The van der Waals surface area contributed by atoms with Crippen molar-refractivity contribution >= 4 is 39.3 Å². The quantitative estimate of drug-likeness (QED) is 0.535. The van der Waals surface area contributed by atoms with Crippen LogP contribution in [-0.2, 0) is 14.8 Å². The molecule has 1 amide bonds. The molecule has 0 bridgehead atoms. The van der Waals surface area contributed by atoms with E-state index >= 15 is 0 Å². The summed E-state index contributed by atoms with van der Waals surface area (Å²) < 4.78 is 37.8. The molecule has 1 saturated heterocycles. The lowest BCUT2D eigenvalue weighted by atomic mass is 10.3. The van der Waals surface area contributed by atoms with Crippen LogP contribution in [0.4, 0.5) is 0 Å². The fraction of sp³-hybridized carbons (Fsp3) is 0.381. The van der Waals surface area contributed by atoms with Crippen molar-refractivity contribution in [3.8, 4) is 11.5 Å². The van der Waals surface area contributed by atoms with Crippen molar-refractivity contribution < 1.29 is 22.7 Å². The van der Waals surface area contributed by atoms with Crippen molar-refractivity contribution in [2.45, 2.75) is 16.2 Å². The number of carbonyl (C=O) groups excluding carboxylic acids is 1. The van der Waals surface area contributed by atoms with Crippen molar-refractivity contribution in [2.75, 3.05) is 46.2 Å². The van der Waals surface area contributed by atoms with Gasteiger partial charge in [0.15, 0.2) is 11.5 Å². The third-order valence-corrected chi connectivity index (χ3v) is 8.14. The molecular weight excluding hydrogens is 460 g/mol. The van der Waals surface area contributed by atoms with E-state index in [4.69, 9.17) is 21.1 Å². The monoisotopic (exact) mass is 484 g/mol. The lowest BCUT2D eigenvalue weighted by Gasteiger charge is -2.34.